The molecule has 88 valence electrons. The fourth-order valence-electron chi connectivity index (χ4n) is 1.26. The van der Waals surface area contributed by atoms with Crippen LogP contribution in [0.5, 0.6) is 5.75 Å². The summed E-state index contributed by atoms with van der Waals surface area (Å²) in [4.78, 5) is 0. The largest absolute Gasteiger partial charge is 0.493 e. The van der Waals surface area contributed by atoms with Gasteiger partial charge < -0.3 is 15.7 Å². The van der Waals surface area contributed by atoms with E-state index in [9.17, 15) is 0 Å². The molecule has 0 atom stereocenters. The second kappa shape index (κ2) is 6.00. The Morgan fingerprint density at radius 1 is 1.44 bits per heavy atom. The molecule has 1 aromatic rings. The molecule has 4 heteroatoms. The van der Waals surface area contributed by atoms with Crippen molar-refractivity contribution in [3.63, 3.8) is 0 Å². The van der Waals surface area contributed by atoms with Gasteiger partial charge in [0.15, 0.2) is 5.84 Å². The minimum Gasteiger partial charge on any atom is -0.493 e. The maximum Gasteiger partial charge on any atom is 0.173 e. The Bertz CT molecular complexity index is 362. The minimum atomic E-state index is 0.0696. The highest BCUT2D eigenvalue weighted by molar-refractivity contribution is 5.99. The van der Waals surface area contributed by atoms with Gasteiger partial charge >= 0.3 is 0 Å². The number of hydrogen-bond donors (Lipinski definition) is 2. The van der Waals surface area contributed by atoms with Crippen LogP contribution in [0.1, 0.15) is 25.8 Å². The molecule has 4 nitrogen and oxygen atoms in total. The minimum absolute atomic E-state index is 0.0696. The summed E-state index contributed by atoms with van der Waals surface area (Å²) in [5, 5.41) is 11.6. The van der Waals surface area contributed by atoms with Crippen LogP contribution in [0.25, 0.3) is 0 Å². The third-order valence-corrected chi connectivity index (χ3v) is 2.22. The van der Waals surface area contributed by atoms with E-state index in [2.05, 4.69) is 19.0 Å². The first-order chi connectivity index (χ1) is 7.65. The molecule has 0 heterocycles. The molecule has 16 heavy (non-hydrogen) atoms. The summed E-state index contributed by atoms with van der Waals surface area (Å²) in [6.07, 6.45) is 0.977. The van der Waals surface area contributed by atoms with E-state index in [-0.39, 0.29) is 5.84 Å². The lowest BCUT2D eigenvalue weighted by atomic mass is 10.1. The average Bonchev–Trinajstić information content (AvgIpc) is 2.28. The molecule has 1 rings (SSSR count). The molecule has 0 aliphatic rings. The number of hydrogen-bond acceptors (Lipinski definition) is 3. The van der Waals surface area contributed by atoms with Crippen LogP contribution in [0.4, 0.5) is 0 Å². The highest BCUT2D eigenvalue weighted by Gasteiger charge is 2.07. The normalized spacial score (nSPS) is 11.8. The molecule has 0 spiro atoms. The number of ether oxygens (including phenoxy) is 1. The monoisotopic (exact) mass is 222 g/mol. The van der Waals surface area contributed by atoms with Gasteiger partial charge in [-0.2, -0.15) is 0 Å². The first-order valence-electron chi connectivity index (χ1n) is 5.35. The molecule has 0 aliphatic carbocycles. The van der Waals surface area contributed by atoms with Gasteiger partial charge in [0.2, 0.25) is 0 Å². The van der Waals surface area contributed by atoms with Crippen molar-refractivity contribution in [1.82, 2.24) is 0 Å². The fraction of sp³-hybridized carbons (Fsp3) is 0.417. The highest BCUT2D eigenvalue weighted by Crippen LogP contribution is 2.18. The van der Waals surface area contributed by atoms with E-state index in [1.807, 2.05) is 18.2 Å². The van der Waals surface area contributed by atoms with Crippen molar-refractivity contribution in [2.24, 2.45) is 16.8 Å². The molecule has 0 saturated heterocycles. The molecule has 3 N–H and O–H groups in total. The second-order valence-corrected chi connectivity index (χ2v) is 4.01. The van der Waals surface area contributed by atoms with Gasteiger partial charge in [0.1, 0.15) is 5.75 Å². The van der Waals surface area contributed by atoms with Crippen molar-refractivity contribution in [1.29, 1.82) is 0 Å². The molecular formula is C12H18N2O2. The topological polar surface area (TPSA) is 67.8 Å². The van der Waals surface area contributed by atoms with Crippen LogP contribution in [0, 0.1) is 5.92 Å². The number of rotatable bonds is 5. The van der Waals surface area contributed by atoms with Crippen LogP contribution in [-0.4, -0.2) is 17.6 Å². The lowest BCUT2D eigenvalue weighted by Gasteiger charge is -2.11. The Balaban J connectivity index is 2.72. The Hall–Kier alpha value is -1.71. The molecule has 0 fully saturated rings. The summed E-state index contributed by atoms with van der Waals surface area (Å²) in [5.74, 6) is 1.31. The van der Waals surface area contributed by atoms with Gasteiger partial charge in [-0.25, -0.2) is 0 Å². The van der Waals surface area contributed by atoms with Gasteiger partial charge in [0.25, 0.3) is 0 Å². The highest BCUT2D eigenvalue weighted by atomic mass is 16.5. The third-order valence-electron chi connectivity index (χ3n) is 2.22. The number of amidine groups is 1. The van der Waals surface area contributed by atoms with Crippen LogP contribution in [0.15, 0.2) is 29.4 Å². The fourth-order valence-corrected chi connectivity index (χ4v) is 1.26. The molecule has 0 radical (unpaired) electrons. The smallest absolute Gasteiger partial charge is 0.173 e. The van der Waals surface area contributed by atoms with Gasteiger partial charge in [-0.1, -0.05) is 31.1 Å². The number of nitrogens with zero attached hydrogens (tertiary/aromatic N) is 1. The number of nitrogens with two attached hydrogens (primary N) is 1. The van der Waals surface area contributed by atoms with Crippen LogP contribution in [-0.2, 0) is 0 Å². The van der Waals surface area contributed by atoms with E-state index < -0.39 is 0 Å². The molecule has 1 aromatic carbocycles. The first kappa shape index (κ1) is 12.4. The van der Waals surface area contributed by atoms with E-state index in [1.54, 1.807) is 6.07 Å². The zero-order chi connectivity index (χ0) is 12.0. The van der Waals surface area contributed by atoms with E-state index in [0.717, 1.165) is 6.42 Å². The quantitative estimate of drug-likeness (QED) is 0.347. The second-order valence-electron chi connectivity index (χ2n) is 4.01. The van der Waals surface area contributed by atoms with Gasteiger partial charge in [0.05, 0.1) is 12.2 Å². The standard InChI is InChI=1S/C12H18N2O2/c1-9(2)7-8-16-11-6-4-3-5-10(11)12(13)14-15/h3-6,9,15H,7-8H2,1-2H3,(H2,13,14). The van der Waals surface area contributed by atoms with Crippen molar-refractivity contribution in [3.8, 4) is 5.75 Å². The van der Waals surface area contributed by atoms with Gasteiger partial charge in [-0.05, 0) is 24.5 Å². The zero-order valence-corrected chi connectivity index (χ0v) is 9.68. The summed E-state index contributed by atoms with van der Waals surface area (Å²) in [5.41, 5.74) is 6.17. The SMILES string of the molecule is CC(C)CCOc1ccccc1/C(N)=N/O. The maximum absolute atomic E-state index is 8.63. The molecule has 0 aromatic heterocycles. The van der Waals surface area contributed by atoms with Gasteiger partial charge in [0, 0.05) is 0 Å². The van der Waals surface area contributed by atoms with Crippen molar-refractivity contribution in [3.05, 3.63) is 29.8 Å². The number of para-hydroxylation sites is 1. The summed E-state index contributed by atoms with van der Waals surface area (Å²) in [6.45, 7) is 4.91. The van der Waals surface area contributed by atoms with E-state index in [4.69, 9.17) is 15.7 Å². The number of oxime groups is 1. The predicted molar refractivity (Wildman–Crippen MR) is 63.9 cm³/mol. The van der Waals surface area contributed by atoms with Crippen molar-refractivity contribution >= 4 is 5.84 Å². The Morgan fingerprint density at radius 3 is 2.75 bits per heavy atom. The molecule has 0 bridgehead atoms. The van der Waals surface area contributed by atoms with E-state index in [1.165, 1.54) is 0 Å². The first-order valence-corrected chi connectivity index (χ1v) is 5.35. The zero-order valence-electron chi connectivity index (χ0n) is 9.68. The van der Waals surface area contributed by atoms with Crippen molar-refractivity contribution in [2.75, 3.05) is 6.61 Å². The maximum atomic E-state index is 8.63. The lowest BCUT2D eigenvalue weighted by molar-refractivity contribution is 0.288. The number of benzene rings is 1. The average molecular weight is 222 g/mol. The summed E-state index contributed by atoms with van der Waals surface area (Å²) >= 11 is 0. The predicted octanol–water partition coefficient (Wildman–Crippen LogP) is 2.21. The Kier molecular flexibility index (Phi) is 4.64. The van der Waals surface area contributed by atoms with Gasteiger partial charge in [-0.15, -0.1) is 0 Å². The Morgan fingerprint density at radius 2 is 2.12 bits per heavy atom. The molecule has 0 aliphatic heterocycles. The van der Waals surface area contributed by atoms with Crippen molar-refractivity contribution < 1.29 is 9.94 Å². The summed E-state index contributed by atoms with van der Waals surface area (Å²) in [7, 11) is 0. The van der Waals surface area contributed by atoms with Crippen LogP contribution >= 0.6 is 0 Å². The van der Waals surface area contributed by atoms with E-state index >= 15 is 0 Å². The summed E-state index contributed by atoms with van der Waals surface area (Å²) < 4.78 is 5.60. The van der Waals surface area contributed by atoms with Crippen LogP contribution in [0.2, 0.25) is 0 Å². The Labute approximate surface area is 95.7 Å². The molecule has 0 saturated carbocycles. The molecule has 0 unspecified atom stereocenters. The van der Waals surface area contributed by atoms with Gasteiger partial charge in [-0.3, -0.25) is 0 Å². The van der Waals surface area contributed by atoms with Crippen LogP contribution < -0.4 is 10.5 Å². The van der Waals surface area contributed by atoms with Crippen LogP contribution in [0.3, 0.4) is 0 Å². The third kappa shape index (κ3) is 3.46. The molecule has 0 amide bonds. The van der Waals surface area contributed by atoms with E-state index in [0.29, 0.717) is 23.8 Å². The summed E-state index contributed by atoms with van der Waals surface area (Å²) in [6, 6.07) is 7.26. The lowest BCUT2D eigenvalue weighted by Crippen LogP contribution is -2.15. The van der Waals surface area contributed by atoms with Crippen molar-refractivity contribution in [2.45, 2.75) is 20.3 Å². The molecular weight excluding hydrogens is 204 g/mol.